The van der Waals surface area contributed by atoms with E-state index in [1.54, 1.807) is 0 Å². The molecular formula is C22H12BrN. The van der Waals surface area contributed by atoms with Gasteiger partial charge in [-0.1, -0.05) is 70.5 Å². The second-order valence-electron chi connectivity index (χ2n) is 6.38. The molecule has 2 aromatic heterocycles. The van der Waals surface area contributed by atoms with Crippen molar-refractivity contribution in [2.45, 2.75) is 0 Å². The Balaban J connectivity index is 2.13. The minimum absolute atomic E-state index is 1.11. The lowest BCUT2D eigenvalue weighted by atomic mass is 9.99. The van der Waals surface area contributed by atoms with E-state index >= 15 is 0 Å². The SMILES string of the molecule is Brc1ccc2c3cccc4c5cccc6cccc(c65)n(c2c1)c43. The molecule has 0 unspecified atom stereocenters. The molecule has 2 heteroatoms. The van der Waals surface area contributed by atoms with E-state index in [-0.39, 0.29) is 0 Å². The molecule has 0 spiro atoms. The number of nitrogens with zero attached hydrogens (tertiary/aromatic N) is 1. The van der Waals surface area contributed by atoms with Crippen molar-refractivity contribution in [1.82, 2.24) is 4.40 Å². The van der Waals surface area contributed by atoms with Crippen molar-refractivity contribution in [3.63, 3.8) is 0 Å². The van der Waals surface area contributed by atoms with Crippen LogP contribution in [-0.2, 0) is 0 Å². The molecule has 0 fully saturated rings. The van der Waals surface area contributed by atoms with Crippen LogP contribution in [0.4, 0.5) is 0 Å². The van der Waals surface area contributed by atoms with Crippen LogP contribution < -0.4 is 0 Å². The van der Waals surface area contributed by atoms with E-state index in [2.05, 4.69) is 93.1 Å². The molecule has 0 aliphatic heterocycles. The van der Waals surface area contributed by atoms with E-state index in [1.807, 2.05) is 0 Å². The first kappa shape index (κ1) is 12.8. The van der Waals surface area contributed by atoms with Gasteiger partial charge >= 0.3 is 0 Å². The van der Waals surface area contributed by atoms with Crippen LogP contribution in [-0.4, -0.2) is 4.40 Å². The Labute approximate surface area is 146 Å². The molecular weight excluding hydrogens is 358 g/mol. The second kappa shape index (κ2) is 4.28. The molecule has 4 aromatic carbocycles. The van der Waals surface area contributed by atoms with Crippen LogP contribution in [0.3, 0.4) is 0 Å². The normalized spacial score (nSPS) is 12.4. The van der Waals surface area contributed by atoms with Gasteiger partial charge in [0.15, 0.2) is 0 Å². The van der Waals surface area contributed by atoms with Gasteiger partial charge in [0, 0.05) is 26.0 Å². The number of hydrogen-bond donors (Lipinski definition) is 0. The predicted molar refractivity (Wildman–Crippen MR) is 106 cm³/mol. The van der Waals surface area contributed by atoms with E-state index < -0.39 is 0 Å². The molecule has 0 saturated heterocycles. The first-order chi connectivity index (χ1) is 11.8. The number of benzene rings is 4. The fourth-order valence-corrected chi connectivity index (χ4v) is 4.59. The lowest BCUT2D eigenvalue weighted by Gasteiger charge is -2.12. The quantitative estimate of drug-likeness (QED) is 0.206. The van der Waals surface area contributed by atoms with Crippen molar-refractivity contribution in [3.05, 3.63) is 77.3 Å². The Bertz CT molecular complexity index is 1400. The van der Waals surface area contributed by atoms with E-state index in [1.165, 1.54) is 48.9 Å². The van der Waals surface area contributed by atoms with Crippen molar-refractivity contribution in [2.75, 3.05) is 0 Å². The maximum Gasteiger partial charge on any atom is 0.0619 e. The number of halogens is 1. The van der Waals surface area contributed by atoms with E-state index in [9.17, 15) is 0 Å². The summed E-state index contributed by atoms with van der Waals surface area (Å²) in [6, 6.07) is 26.4. The Morgan fingerprint density at radius 3 is 2.21 bits per heavy atom. The molecule has 0 aliphatic rings. The third kappa shape index (κ3) is 1.41. The summed E-state index contributed by atoms with van der Waals surface area (Å²) in [5.74, 6) is 0. The van der Waals surface area contributed by atoms with Crippen LogP contribution in [0.1, 0.15) is 0 Å². The van der Waals surface area contributed by atoms with Gasteiger partial charge in [-0.25, -0.2) is 0 Å². The van der Waals surface area contributed by atoms with Crippen LogP contribution in [0.5, 0.6) is 0 Å². The number of fused-ring (bicyclic) bond motifs is 5. The van der Waals surface area contributed by atoms with E-state index in [4.69, 9.17) is 0 Å². The number of hydrogen-bond acceptors (Lipinski definition) is 0. The van der Waals surface area contributed by atoms with Crippen molar-refractivity contribution in [3.8, 4) is 0 Å². The summed E-state index contributed by atoms with van der Waals surface area (Å²) in [5, 5.41) is 7.93. The number of rotatable bonds is 0. The Kier molecular flexibility index (Phi) is 2.28. The molecule has 6 aromatic rings. The fourth-order valence-electron chi connectivity index (χ4n) is 4.24. The minimum atomic E-state index is 1.11. The van der Waals surface area contributed by atoms with Crippen LogP contribution in [0.15, 0.2) is 77.3 Å². The highest BCUT2D eigenvalue weighted by atomic mass is 79.9. The molecule has 0 amide bonds. The van der Waals surface area contributed by atoms with Crippen LogP contribution >= 0.6 is 15.9 Å². The summed E-state index contributed by atoms with van der Waals surface area (Å²) in [5.41, 5.74) is 3.85. The van der Waals surface area contributed by atoms with Gasteiger partial charge in [0.25, 0.3) is 0 Å². The predicted octanol–water partition coefficient (Wildman–Crippen LogP) is 6.75. The highest BCUT2D eigenvalue weighted by molar-refractivity contribution is 9.10. The van der Waals surface area contributed by atoms with E-state index in [0.29, 0.717) is 0 Å². The molecule has 24 heavy (non-hydrogen) atoms. The molecule has 0 radical (unpaired) electrons. The zero-order chi connectivity index (χ0) is 15.8. The monoisotopic (exact) mass is 369 g/mol. The van der Waals surface area contributed by atoms with Crippen molar-refractivity contribution in [2.24, 2.45) is 0 Å². The van der Waals surface area contributed by atoms with Crippen LogP contribution in [0, 0.1) is 0 Å². The summed E-state index contributed by atoms with van der Waals surface area (Å²) >= 11 is 3.64. The number of pyridine rings is 1. The van der Waals surface area contributed by atoms with Crippen LogP contribution in [0.2, 0.25) is 0 Å². The molecule has 0 atom stereocenters. The first-order valence-corrected chi connectivity index (χ1v) is 8.87. The smallest absolute Gasteiger partial charge is 0.0619 e. The Morgan fingerprint density at radius 2 is 1.33 bits per heavy atom. The lowest BCUT2D eigenvalue weighted by Crippen LogP contribution is -1.92. The standard InChI is InChI=1S/C22H12BrN/c23-14-10-11-15-17-7-3-8-18-16-6-1-4-13-5-2-9-19(21(13)16)24(22(17)18)20(15)12-14/h1-12H. The van der Waals surface area contributed by atoms with Gasteiger partial charge < -0.3 is 4.40 Å². The molecule has 0 aliphatic carbocycles. The number of para-hydroxylation sites is 1. The largest absolute Gasteiger partial charge is 0.308 e. The van der Waals surface area contributed by atoms with Gasteiger partial charge in [0.2, 0.25) is 0 Å². The summed E-state index contributed by atoms with van der Waals surface area (Å²) < 4.78 is 3.54. The maximum atomic E-state index is 3.64. The van der Waals surface area contributed by atoms with Gasteiger partial charge in [-0.2, -0.15) is 0 Å². The summed E-state index contributed by atoms with van der Waals surface area (Å²) in [7, 11) is 0. The maximum absolute atomic E-state index is 3.64. The van der Waals surface area contributed by atoms with Gasteiger partial charge in [0.05, 0.1) is 16.6 Å². The molecule has 1 nitrogen and oxygen atoms in total. The summed E-state index contributed by atoms with van der Waals surface area (Å²) in [6.45, 7) is 0. The van der Waals surface area contributed by atoms with Gasteiger partial charge in [-0.15, -0.1) is 0 Å². The summed E-state index contributed by atoms with van der Waals surface area (Å²) in [4.78, 5) is 0. The second-order valence-corrected chi connectivity index (χ2v) is 7.30. The fraction of sp³-hybridized carbons (Fsp3) is 0. The molecule has 0 bridgehead atoms. The highest BCUT2D eigenvalue weighted by Gasteiger charge is 2.16. The third-order valence-electron chi connectivity index (χ3n) is 5.16. The van der Waals surface area contributed by atoms with E-state index in [0.717, 1.165) is 4.47 Å². The topological polar surface area (TPSA) is 4.41 Å². The number of aromatic nitrogens is 1. The van der Waals surface area contributed by atoms with Crippen LogP contribution in [0.25, 0.3) is 48.9 Å². The molecule has 0 N–H and O–H groups in total. The Hall–Kier alpha value is -2.58. The third-order valence-corrected chi connectivity index (χ3v) is 5.66. The molecule has 6 rings (SSSR count). The zero-order valence-electron chi connectivity index (χ0n) is 12.8. The average Bonchev–Trinajstić information content (AvgIpc) is 2.94. The molecule has 112 valence electrons. The van der Waals surface area contributed by atoms with Gasteiger partial charge in [-0.05, 0) is 29.0 Å². The molecule has 2 heterocycles. The highest BCUT2D eigenvalue weighted by Crippen LogP contribution is 2.40. The minimum Gasteiger partial charge on any atom is -0.308 e. The summed E-state index contributed by atoms with van der Waals surface area (Å²) in [6.07, 6.45) is 0. The zero-order valence-corrected chi connectivity index (χ0v) is 14.3. The van der Waals surface area contributed by atoms with Gasteiger partial charge in [0.1, 0.15) is 0 Å². The van der Waals surface area contributed by atoms with Gasteiger partial charge in [-0.3, -0.25) is 0 Å². The molecule has 0 saturated carbocycles. The Morgan fingerprint density at radius 1 is 0.625 bits per heavy atom. The van der Waals surface area contributed by atoms with Crippen molar-refractivity contribution >= 4 is 64.8 Å². The van der Waals surface area contributed by atoms with Crippen molar-refractivity contribution < 1.29 is 0 Å². The first-order valence-electron chi connectivity index (χ1n) is 8.08. The average molecular weight is 370 g/mol. The van der Waals surface area contributed by atoms with Crippen molar-refractivity contribution in [1.29, 1.82) is 0 Å². The lowest BCUT2D eigenvalue weighted by molar-refractivity contribution is 1.35.